The Kier molecular flexibility index (Phi) is 4.35. The van der Waals surface area contributed by atoms with Gasteiger partial charge in [-0.05, 0) is 31.0 Å². The number of aromatic nitrogens is 4. The lowest BCUT2D eigenvalue weighted by atomic mass is 9.99. The van der Waals surface area contributed by atoms with E-state index in [1.807, 2.05) is 44.4 Å². The Morgan fingerprint density at radius 2 is 1.97 bits per heavy atom. The number of likely N-dealkylation sites (tertiary alicyclic amines) is 1. The number of imidazole rings is 1. The molecule has 2 aliphatic rings. The number of rotatable bonds is 3. The normalized spacial score (nSPS) is 19.5. The number of nitrogens with one attached hydrogen (secondary N) is 1. The van der Waals surface area contributed by atoms with Crippen molar-refractivity contribution in [3.05, 3.63) is 65.2 Å². The molecule has 2 atom stereocenters. The summed E-state index contributed by atoms with van der Waals surface area (Å²) >= 11 is 6.76. The molecule has 2 bridgehead atoms. The van der Waals surface area contributed by atoms with Gasteiger partial charge >= 0.3 is 0 Å². The summed E-state index contributed by atoms with van der Waals surface area (Å²) in [4.78, 5) is 31.6. The molecule has 0 radical (unpaired) electrons. The zero-order valence-electron chi connectivity index (χ0n) is 18.1. The topological polar surface area (TPSA) is 84.5 Å². The van der Waals surface area contributed by atoms with E-state index in [0.29, 0.717) is 35.0 Å². The van der Waals surface area contributed by atoms with Gasteiger partial charge in [0.25, 0.3) is 5.91 Å². The second kappa shape index (κ2) is 7.18. The lowest BCUT2D eigenvalue weighted by molar-refractivity contribution is -0.124. The first-order valence-corrected chi connectivity index (χ1v) is 11.2. The summed E-state index contributed by atoms with van der Waals surface area (Å²) in [5.74, 6) is -0.235. The number of benzene rings is 1. The van der Waals surface area contributed by atoms with E-state index in [4.69, 9.17) is 16.6 Å². The molecule has 4 aromatic rings. The fourth-order valence-corrected chi connectivity index (χ4v) is 5.27. The number of carbonyl (C=O) groups is 2. The lowest BCUT2D eigenvalue weighted by Gasteiger charge is -2.26. The van der Waals surface area contributed by atoms with Crippen LogP contribution < -0.4 is 5.32 Å². The number of carbonyl (C=O) groups excluding carboxylic acids is 2. The second-order valence-corrected chi connectivity index (χ2v) is 9.01. The first-order chi connectivity index (χ1) is 15.9. The van der Waals surface area contributed by atoms with Crippen LogP contribution in [0.1, 0.15) is 22.5 Å². The SMILES string of the molecule is Cc1nn(C)cc1-c1ccccc1-c1nc2cc(C(=O)N3C[C@@H]4C[C@H]3C(=O)N4)ccn2c1Cl. The minimum atomic E-state index is -0.382. The molecule has 0 spiro atoms. The highest BCUT2D eigenvalue weighted by molar-refractivity contribution is 6.32. The van der Waals surface area contributed by atoms with E-state index in [2.05, 4.69) is 10.4 Å². The maximum Gasteiger partial charge on any atom is 0.254 e. The third-order valence-electron chi connectivity index (χ3n) is 6.51. The van der Waals surface area contributed by atoms with Crippen LogP contribution in [-0.4, -0.2) is 54.5 Å². The number of nitrogens with zero attached hydrogens (tertiary/aromatic N) is 5. The molecule has 33 heavy (non-hydrogen) atoms. The summed E-state index contributed by atoms with van der Waals surface area (Å²) in [5, 5.41) is 7.83. The summed E-state index contributed by atoms with van der Waals surface area (Å²) in [5.41, 5.74) is 5.52. The molecular weight excluding hydrogens is 440 g/mol. The van der Waals surface area contributed by atoms with Crippen LogP contribution in [-0.2, 0) is 11.8 Å². The van der Waals surface area contributed by atoms with Gasteiger partial charge in [-0.25, -0.2) is 4.98 Å². The van der Waals surface area contributed by atoms with Gasteiger partial charge in [-0.3, -0.25) is 18.7 Å². The summed E-state index contributed by atoms with van der Waals surface area (Å²) in [6.07, 6.45) is 4.42. The molecule has 2 saturated heterocycles. The molecule has 2 fully saturated rings. The van der Waals surface area contributed by atoms with Crippen LogP contribution in [0.5, 0.6) is 0 Å². The molecule has 3 aromatic heterocycles. The molecule has 1 N–H and O–H groups in total. The predicted octanol–water partition coefficient (Wildman–Crippen LogP) is 3.08. The quantitative estimate of drug-likeness (QED) is 0.509. The summed E-state index contributed by atoms with van der Waals surface area (Å²) in [6, 6.07) is 11.1. The zero-order valence-corrected chi connectivity index (χ0v) is 18.9. The minimum absolute atomic E-state index is 0.0510. The first kappa shape index (κ1) is 20.0. The van der Waals surface area contributed by atoms with Gasteiger partial charge in [0.1, 0.15) is 22.5 Å². The van der Waals surface area contributed by atoms with Gasteiger partial charge in [0.05, 0.1) is 5.69 Å². The average molecular weight is 461 g/mol. The van der Waals surface area contributed by atoms with Crippen LogP contribution in [0.2, 0.25) is 5.15 Å². The van der Waals surface area contributed by atoms with Crippen molar-refractivity contribution in [3.8, 4) is 22.4 Å². The van der Waals surface area contributed by atoms with Gasteiger partial charge in [-0.1, -0.05) is 35.9 Å². The number of aryl methyl sites for hydroxylation is 2. The van der Waals surface area contributed by atoms with Crippen LogP contribution in [0.15, 0.2) is 48.8 Å². The van der Waals surface area contributed by atoms with Gasteiger partial charge in [0.15, 0.2) is 0 Å². The molecule has 6 rings (SSSR count). The number of halogens is 1. The molecule has 0 unspecified atom stereocenters. The largest absolute Gasteiger partial charge is 0.350 e. The van der Waals surface area contributed by atoms with Crippen molar-refractivity contribution in [3.63, 3.8) is 0 Å². The smallest absolute Gasteiger partial charge is 0.254 e. The Morgan fingerprint density at radius 1 is 1.18 bits per heavy atom. The Bertz CT molecular complexity index is 1450. The maximum atomic E-state index is 13.1. The first-order valence-electron chi connectivity index (χ1n) is 10.8. The minimum Gasteiger partial charge on any atom is -0.350 e. The average Bonchev–Trinajstić information content (AvgIpc) is 3.55. The molecule has 2 aliphatic heterocycles. The molecule has 9 heteroatoms. The van der Waals surface area contributed by atoms with E-state index in [0.717, 1.165) is 22.4 Å². The maximum absolute atomic E-state index is 13.1. The Morgan fingerprint density at radius 3 is 2.67 bits per heavy atom. The highest BCUT2D eigenvalue weighted by Gasteiger charge is 2.46. The molecule has 1 aromatic carbocycles. The number of fused-ring (bicyclic) bond motifs is 3. The van der Waals surface area contributed by atoms with Crippen LogP contribution in [0.3, 0.4) is 0 Å². The van der Waals surface area contributed by atoms with Crippen LogP contribution in [0.4, 0.5) is 0 Å². The third-order valence-corrected chi connectivity index (χ3v) is 6.87. The molecule has 166 valence electrons. The van der Waals surface area contributed by atoms with Crippen LogP contribution in [0.25, 0.3) is 28.0 Å². The van der Waals surface area contributed by atoms with E-state index in [1.54, 1.807) is 32.3 Å². The lowest BCUT2D eigenvalue weighted by Crippen LogP contribution is -2.50. The van der Waals surface area contributed by atoms with E-state index < -0.39 is 0 Å². The highest BCUT2D eigenvalue weighted by atomic mass is 35.5. The standard InChI is InChI=1S/C24H21ClN6O2/c1-13-18(12-29(2)28-13)16-5-3-4-6-17(16)21-22(25)30-8-7-14(9-20(30)27-21)24(33)31-11-15-10-19(31)23(32)26-15/h3-9,12,15,19H,10-11H2,1-2H3,(H,26,32)/t15-,19-/m0/s1. The molecule has 0 saturated carbocycles. The van der Waals surface area contributed by atoms with E-state index in [1.165, 1.54) is 0 Å². The Labute approximate surface area is 194 Å². The summed E-state index contributed by atoms with van der Waals surface area (Å²) in [6.45, 7) is 2.51. The third kappa shape index (κ3) is 3.05. The van der Waals surface area contributed by atoms with Crippen molar-refractivity contribution < 1.29 is 9.59 Å². The van der Waals surface area contributed by atoms with Crippen molar-refractivity contribution in [2.24, 2.45) is 7.05 Å². The van der Waals surface area contributed by atoms with E-state index in [9.17, 15) is 9.59 Å². The number of piperazine rings is 1. The summed E-state index contributed by atoms with van der Waals surface area (Å²) < 4.78 is 3.55. The van der Waals surface area contributed by atoms with Crippen LogP contribution >= 0.6 is 11.6 Å². The monoisotopic (exact) mass is 460 g/mol. The fraction of sp³-hybridized carbons (Fsp3) is 0.250. The molecule has 8 nitrogen and oxygen atoms in total. The van der Waals surface area contributed by atoms with Gasteiger partial charge in [0, 0.05) is 48.7 Å². The Hall–Kier alpha value is -3.65. The van der Waals surface area contributed by atoms with Gasteiger partial charge in [-0.2, -0.15) is 5.10 Å². The van der Waals surface area contributed by atoms with E-state index >= 15 is 0 Å². The number of hydrogen-bond acceptors (Lipinski definition) is 4. The number of amides is 2. The van der Waals surface area contributed by atoms with Crippen molar-refractivity contribution in [1.82, 2.24) is 29.4 Å². The molecule has 5 heterocycles. The Balaban J connectivity index is 1.41. The second-order valence-electron chi connectivity index (χ2n) is 8.66. The molecule has 2 amide bonds. The zero-order chi connectivity index (χ0) is 22.9. The van der Waals surface area contributed by atoms with Crippen LogP contribution in [0, 0.1) is 6.92 Å². The van der Waals surface area contributed by atoms with Gasteiger partial charge < -0.3 is 10.2 Å². The van der Waals surface area contributed by atoms with E-state index in [-0.39, 0.29) is 23.9 Å². The van der Waals surface area contributed by atoms with Crippen molar-refractivity contribution in [2.45, 2.75) is 25.4 Å². The fourth-order valence-electron chi connectivity index (χ4n) is 4.98. The van der Waals surface area contributed by atoms with Gasteiger partial charge in [0.2, 0.25) is 5.91 Å². The van der Waals surface area contributed by atoms with Gasteiger partial charge in [-0.15, -0.1) is 0 Å². The van der Waals surface area contributed by atoms with Crippen molar-refractivity contribution in [2.75, 3.05) is 6.54 Å². The van der Waals surface area contributed by atoms with Crippen molar-refractivity contribution >= 4 is 29.1 Å². The molecular formula is C24H21ClN6O2. The molecule has 0 aliphatic carbocycles. The number of hydrogen-bond donors (Lipinski definition) is 1. The predicted molar refractivity (Wildman–Crippen MR) is 124 cm³/mol. The highest BCUT2D eigenvalue weighted by Crippen LogP contribution is 2.37. The summed E-state index contributed by atoms with van der Waals surface area (Å²) in [7, 11) is 1.89. The van der Waals surface area contributed by atoms with Crippen molar-refractivity contribution in [1.29, 1.82) is 0 Å². The number of pyridine rings is 1.